The zero-order valence-corrected chi connectivity index (χ0v) is 18.3. The number of rotatable bonds is 2. The van der Waals surface area contributed by atoms with Crippen LogP contribution in [0.25, 0.3) is 16.6 Å². The van der Waals surface area contributed by atoms with E-state index in [4.69, 9.17) is 4.98 Å². The highest BCUT2D eigenvalue weighted by Gasteiger charge is 2.22. The summed E-state index contributed by atoms with van der Waals surface area (Å²) in [7, 11) is 0. The Balaban J connectivity index is 1.38. The molecule has 0 bridgehead atoms. The topological polar surface area (TPSA) is 52.9 Å². The van der Waals surface area contributed by atoms with Gasteiger partial charge in [0, 0.05) is 48.6 Å². The zero-order valence-electron chi connectivity index (χ0n) is 16.8. The number of fused-ring (bicyclic) bond motifs is 3. The molecule has 1 saturated heterocycles. The number of nitrogens with zero attached hydrogens (tertiary/aromatic N) is 4. The Morgan fingerprint density at radius 1 is 1.00 bits per heavy atom. The van der Waals surface area contributed by atoms with Crippen LogP contribution in [0.5, 0.6) is 0 Å². The summed E-state index contributed by atoms with van der Waals surface area (Å²) in [6.07, 6.45) is 2.79. The molecule has 0 atom stereocenters. The number of nitrogens with one attached hydrogen (secondary N) is 1. The molecule has 1 aliphatic rings. The predicted octanol–water partition coefficient (Wildman–Crippen LogP) is 5.13. The molecule has 2 aromatic carbocycles. The van der Waals surface area contributed by atoms with Crippen molar-refractivity contribution in [3.05, 3.63) is 71.1 Å². The van der Waals surface area contributed by atoms with Crippen molar-refractivity contribution in [3.8, 4) is 0 Å². The first-order chi connectivity index (χ1) is 15.1. The van der Waals surface area contributed by atoms with Gasteiger partial charge in [0.25, 0.3) is 0 Å². The van der Waals surface area contributed by atoms with E-state index in [1.807, 2.05) is 51.9 Å². The van der Waals surface area contributed by atoms with E-state index in [1.165, 1.54) is 12.1 Å². The fourth-order valence-corrected chi connectivity index (χ4v) is 4.47. The van der Waals surface area contributed by atoms with Gasteiger partial charge in [-0.1, -0.05) is 22.0 Å². The SMILES string of the molecule is O=C(Nc1cccc(Br)c1)N1CCCN(c2nc3cc(F)ccc3n3cccc23)CC1. The van der Waals surface area contributed by atoms with Crippen LogP contribution in [0.1, 0.15) is 6.42 Å². The molecule has 158 valence electrons. The van der Waals surface area contributed by atoms with Crippen molar-refractivity contribution in [2.24, 2.45) is 0 Å². The summed E-state index contributed by atoms with van der Waals surface area (Å²) in [6.45, 7) is 2.67. The van der Waals surface area contributed by atoms with Crippen molar-refractivity contribution in [1.29, 1.82) is 0 Å². The van der Waals surface area contributed by atoms with Crippen molar-refractivity contribution in [2.75, 3.05) is 36.4 Å². The van der Waals surface area contributed by atoms with E-state index >= 15 is 0 Å². The fourth-order valence-electron chi connectivity index (χ4n) is 4.07. The maximum absolute atomic E-state index is 13.8. The highest BCUT2D eigenvalue weighted by Crippen LogP contribution is 2.27. The summed E-state index contributed by atoms with van der Waals surface area (Å²) in [5.74, 6) is 0.515. The lowest BCUT2D eigenvalue weighted by molar-refractivity contribution is 0.215. The third-order valence-electron chi connectivity index (χ3n) is 5.56. The molecule has 1 aliphatic heterocycles. The molecular weight excluding hydrogens is 461 g/mol. The summed E-state index contributed by atoms with van der Waals surface area (Å²) < 4.78 is 16.8. The normalized spacial score (nSPS) is 14.8. The second kappa shape index (κ2) is 8.19. The number of carbonyl (C=O) groups excluding carboxylic acids is 1. The van der Waals surface area contributed by atoms with Crippen LogP contribution in [-0.2, 0) is 0 Å². The number of urea groups is 1. The molecule has 2 aromatic heterocycles. The number of anilines is 2. The second-order valence-corrected chi connectivity index (χ2v) is 8.52. The maximum atomic E-state index is 13.8. The molecule has 0 spiro atoms. The van der Waals surface area contributed by atoms with E-state index in [2.05, 4.69) is 26.1 Å². The van der Waals surface area contributed by atoms with Crippen LogP contribution in [0.3, 0.4) is 0 Å². The van der Waals surface area contributed by atoms with Crippen LogP contribution in [0, 0.1) is 5.82 Å². The first kappa shape index (κ1) is 19.8. The first-order valence-electron chi connectivity index (χ1n) is 10.2. The van der Waals surface area contributed by atoms with Gasteiger partial charge >= 0.3 is 6.03 Å². The summed E-state index contributed by atoms with van der Waals surface area (Å²) in [5, 5.41) is 2.97. The second-order valence-electron chi connectivity index (χ2n) is 7.60. The number of aromatic nitrogens is 2. The average molecular weight is 482 g/mol. The lowest BCUT2D eigenvalue weighted by atomic mass is 10.2. The summed E-state index contributed by atoms with van der Waals surface area (Å²) in [6, 6.07) is 16.1. The smallest absolute Gasteiger partial charge is 0.321 e. The van der Waals surface area contributed by atoms with E-state index < -0.39 is 0 Å². The predicted molar refractivity (Wildman–Crippen MR) is 124 cm³/mol. The van der Waals surface area contributed by atoms with Gasteiger partial charge in [0.2, 0.25) is 0 Å². The van der Waals surface area contributed by atoms with Gasteiger partial charge in [-0.25, -0.2) is 14.2 Å². The molecule has 0 aliphatic carbocycles. The molecule has 4 aromatic rings. The van der Waals surface area contributed by atoms with Gasteiger partial charge < -0.3 is 19.5 Å². The van der Waals surface area contributed by atoms with Crippen LogP contribution < -0.4 is 10.2 Å². The number of hydrogen-bond acceptors (Lipinski definition) is 3. The molecule has 5 rings (SSSR count). The minimum atomic E-state index is -0.302. The highest BCUT2D eigenvalue weighted by atomic mass is 79.9. The summed E-state index contributed by atoms with van der Waals surface area (Å²) in [5.41, 5.74) is 3.22. The minimum absolute atomic E-state index is 0.110. The molecule has 1 fully saturated rings. The minimum Gasteiger partial charge on any atom is -0.353 e. The van der Waals surface area contributed by atoms with Gasteiger partial charge in [0.15, 0.2) is 5.82 Å². The fraction of sp³-hybridized carbons (Fsp3) is 0.217. The van der Waals surface area contributed by atoms with Crippen molar-refractivity contribution in [2.45, 2.75) is 6.42 Å². The quantitative estimate of drug-likeness (QED) is 0.431. The third kappa shape index (κ3) is 3.95. The Hall–Kier alpha value is -3.13. The number of halogens is 2. The van der Waals surface area contributed by atoms with Crippen LogP contribution in [-0.4, -0.2) is 46.5 Å². The highest BCUT2D eigenvalue weighted by molar-refractivity contribution is 9.10. The molecule has 0 unspecified atom stereocenters. The van der Waals surface area contributed by atoms with Crippen LogP contribution >= 0.6 is 15.9 Å². The van der Waals surface area contributed by atoms with E-state index in [0.717, 1.165) is 40.0 Å². The van der Waals surface area contributed by atoms with E-state index in [0.29, 0.717) is 25.2 Å². The standard InChI is InChI=1S/C23H21BrFN5O/c24-16-4-1-5-18(14-16)26-23(31)29-10-3-9-28(12-13-29)22-21-6-2-11-30(21)20-8-7-17(25)15-19(20)27-22/h1-2,4-8,11,14-15H,3,9-10,12-13H2,(H,26,31). The van der Waals surface area contributed by atoms with Crippen molar-refractivity contribution >= 4 is 50.0 Å². The Morgan fingerprint density at radius 2 is 1.90 bits per heavy atom. The van der Waals surface area contributed by atoms with Crippen molar-refractivity contribution in [1.82, 2.24) is 14.3 Å². The molecule has 8 heteroatoms. The molecule has 0 saturated carbocycles. The third-order valence-corrected chi connectivity index (χ3v) is 6.05. The average Bonchev–Trinajstić information content (AvgIpc) is 3.11. The first-order valence-corrected chi connectivity index (χ1v) is 11.0. The van der Waals surface area contributed by atoms with Crippen molar-refractivity contribution in [3.63, 3.8) is 0 Å². The molecule has 1 N–H and O–H groups in total. The van der Waals surface area contributed by atoms with Gasteiger partial charge in [-0.15, -0.1) is 0 Å². The number of benzene rings is 2. The van der Waals surface area contributed by atoms with Crippen LogP contribution in [0.2, 0.25) is 0 Å². The van der Waals surface area contributed by atoms with Gasteiger partial charge in [-0.2, -0.15) is 0 Å². The Morgan fingerprint density at radius 3 is 2.77 bits per heavy atom. The van der Waals surface area contributed by atoms with Gasteiger partial charge in [-0.05, 0) is 48.9 Å². The van der Waals surface area contributed by atoms with E-state index in [-0.39, 0.29) is 11.8 Å². The van der Waals surface area contributed by atoms with Gasteiger partial charge in [0.1, 0.15) is 5.82 Å². The Kier molecular flexibility index (Phi) is 5.23. The molecule has 6 nitrogen and oxygen atoms in total. The lowest BCUT2D eigenvalue weighted by Crippen LogP contribution is -2.38. The molecule has 0 radical (unpaired) electrons. The number of amides is 2. The number of carbonyl (C=O) groups is 1. The largest absolute Gasteiger partial charge is 0.353 e. The summed E-state index contributed by atoms with van der Waals surface area (Å²) >= 11 is 3.43. The maximum Gasteiger partial charge on any atom is 0.321 e. The Bertz CT molecular complexity index is 1270. The van der Waals surface area contributed by atoms with Gasteiger partial charge in [0.05, 0.1) is 16.6 Å². The lowest BCUT2D eigenvalue weighted by Gasteiger charge is -2.24. The van der Waals surface area contributed by atoms with Crippen LogP contribution in [0.15, 0.2) is 65.3 Å². The van der Waals surface area contributed by atoms with E-state index in [9.17, 15) is 9.18 Å². The van der Waals surface area contributed by atoms with Gasteiger partial charge in [-0.3, -0.25) is 0 Å². The molecule has 3 heterocycles. The molecule has 2 amide bonds. The van der Waals surface area contributed by atoms with Crippen molar-refractivity contribution < 1.29 is 9.18 Å². The zero-order chi connectivity index (χ0) is 21.4. The molecule has 31 heavy (non-hydrogen) atoms. The number of hydrogen-bond donors (Lipinski definition) is 1. The Labute approximate surface area is 187 Å². The summed E-state index contributed by atoms with van der Waals surface area (Å²) in [4.78, 5) is 21.6. The molecular formula is C23H21BrFN5O. The van der Waals surface area contributed by atoms with Crippen LogP contribution in [0.4, 0.5) is 20.7 Å². The van der Waals surface area contributed by atoms with E-state index in [1.54, 1.807) is 6.07 Å². The monoisotopic (exact) mass is 481 g/mol.